The quantitative estimate of drug-likeness (QED) is 0.668. The summed E-state index contributed by atoms with van der Waals surface area (Å²) in [7, 11) is 1.60. The number of aryl methyl sites for hydroxylation is 1. The van der Waals surface area contributed by atoms with E-state index in [4.69, 9.17) is 9.47 Å². The van der Waals surface area contributed by atoms with Crippen LogP contribution >= 0.6 is 11.8 Å². The predicted octanol–water partition coefficient (Wildman–Crippen LogP) is 3.48. The minimum Gasteiger partial charge on any atom is -0.497 e. The van der Waals surface area contributed by atoms with Crippen molar-refractivity contribution in [3.05, 3.63) is 65.2 Å². The number of methoxy groups -OCH3 is 1. The van der Waals surface area contributed by atoms with Crippen LogP contribution in [0.15, 0.2) is 48.5 Å². The molecule has 1 atom stereocenters. The van der Waals surface area contributed by atoms with Gasteiger partial charge in [0.05, 0.1) is 12.9 Å². The fourth-order valence-corrected chi connectivity index (χ4v) is 3.06. The highest BCUT2D eigenvalue weighted by Gasteiger charge is 2.17. The lowest BCUT2D eigenvalue weighted by atomic mass is 10.2. The average Bonchev–Trinajstić information content (AvgIpc) is 2.68. The Morgan fingerprint density at radius 3 is 2.30 bits per heavy atom. The number of esters is 1. The van der Waals surface area contributed by atoms with Crippen LogP contribution < -0.4 is 10.1 Å². The van der Waals surface area contributed by atoms with Crippen molar-refractivity contribution in [1.29, 1.82) is 0 Å². The second-order valence-corrected chi connectivity index (χ2v) is 7.16. The third-order valence-corrected chi connectivity index (χ3v) is 4.89. The van der Waals surface area contributed by atoms with Crippen molar-refractivity contribution in [1.82, 2.24) is 5.32 Å². The lowest BCUT2D eigenvalue weighted by Gasteiger charge is -2.13. The molecular formula is C21H25NO4S. The van der Waals surface area contributed by atoms with Crippen LogP contribution in [0.1, 0.15) is 23.6 Å². The first-order valence-electron chi connectivity index (χ1n) is 8.71. The first-order valence-corrected chi connectivity index (χ1v) is 9.87. The number of hydrogen-bond acceptors (Lipinski definition) is 5. The van der Waals surface area contributed by atoms with Gasteiger partial charge in [-0.15, -0.1) is 11.8 Å². The monoisotopic (exact) mass is 387 g/mol. The van der Waals surface area contributed by atoms with Crippen LogP contribution in [0.2, 0.25) is 0 Å². The van der Waals surface area contributed by atoms with Gasteiger partial charge in [0.2, 0.25) is 0 Å². The number of rotatable bonds is 9. The molecule has 0 aliphatic rings. The van der Waals surface area contributed by atoms with Gasteiger partial charge >= 0.3 is 5.97 Å². The Balaban J connectivity index is 1.67. The zero-order valence-corrected chi connectivity index (χ0v) is 16.7. The van der Waals surface area contributed by atoms with Crippen LogP contribution in [0, 0.1) is 6.92 Å². The molecule has 0 aromatic heterocycles. The van der Waals surface area contributed by atoms with E-state index in [1.807, 2.05) is 55.5 Å². The van der Waals surface area contributed by atoms with Crippen molar-refractivity contribution in [2.75, 3.05) is 12.9 Å². The largest absolute Gasteiger partial charge is 0.497 e. The van der Waals surface area contributed by atoms with Gasteiger partial charge in [-0.2, -0.15) is 0 Å². The molecule has 0 radical (unpaired) electrons. The molecule has 0 saturated carbocycles. The summed E-state index contributed by atoms with van der Waals surface area (Å²) >= 11 is 1.47. The van der Waals surface area contributed by atoms with E-state index in [2.05, 4.69) is 5.32 Å². The molecular weight excluding hydrogens is 362 g/mol. The molecule has 0 saturated heterocycles. The van der Waals surface area contributed by atoms with Gasteiger partial charge in [0.1, 0.15) is 5.75 Å². The topological polar surface area (TPSA) is 64.6 Å². The SMILES string of the molecule is COc1ccc(CNC(=O)[C@@H](C)OC(=O)CSCc2ccc(C)cc2)cc1. The summed E-state index contributed by atoms with van der Waals surface area (Å²) in [6.07, 6.45) is -0.823. The number of ether oxygens (including phenoxy) is 2. The van der Waals surface area contributed by atoms with Gasteiger partial charge in [-0.3, -0.25) is 9.59 Å². The second-order valence-electron chi connectivity index (χ2n) is 6.18. The molecule has 27 heavy (non-hydrogen) atoms. The highest BCUT2D eigenvalue weighted by Crippen LogP contribution is 2.14. The van der Waals surface area contributed by atoms with Crippen LogP contribution in [-0.2, 0) is 26.6 Å². The van der Waals surface area contributed by atoms with E-state index in [0.29, 0.717) is 6.54 Å². The van der Waals surface area contributed by atoms with Crippen LogP contribution in [-0.4, -0.2) is 30.8 Å². The lowest BCUT2D eigenvalue weighted by molar-refractivity contribution is -0.152. The van der Waals surface area contributed by atoms with E-state index in [1.165, 1.54) is 17.3 Å². The molecule has 0 aliphatic carbocycles. The van der Waals surface area contributed by atoms with Gasteiger partial charge in [0.15, 0.2) is 6.10 Å². The molecule has 5 nitrogen and oxygen atoms in total. The summed E-state index contributed by atoms with van der Waals surface area (Å²) in [5.74, 6) is 0.995. The molecule has 6 heteroatoms. The van der Waals surface area contributed by atoms with Crippen LogP contribution in [0.4, 0.5) is 0 Å². The zero-order chi connectivity index (χ0) is 19.6. The molecule has 2 rings (SSSR count). The number of benzene rings is 2. The fourth-order valence-electron chi connectivity index (χ4n) is 2.30. The van der Waals surface area contributed by atoms with Crippen LogP contribution in [0.5, 0.6) is 5.75 Å². The number of amides is 1. The van der Waals surface area contributed by atoms with Crippen LogP contribution in [0.3, 0.4) is 0 Å². The molecule has 0 fully saturated rings. The molecule has 0 bridgehead atoms. The van der Waals surface area contributed by atoms with E-state index >= 15 is 0 Å². The van der Waals surface area contributed by atoms with Crippen molar-refractivity contribution in [2.45, 2.75) is 32.2 Å². The molecule has 0 spiro atoms. The first-order chi connectivity index (χ1) is 13.0. The summed E-state index contributed by atoms with van der Waals surface area (Å²) in [6.45, 7) is 3.98. The normalized spacial score (nSPS) is 11.5. The van der Waals surface area contributed by atoms with Crippen LogP contribution in [0.25, 0.3) is 0 Å². The maximum absolute atomic E-state index is 12.1. The average molecular weight is 388 g/mol. The summed E-state index contributed by atoms with van der Waals surface area (Å²) in [5, 5.41) is 2.76. The van der Waals surface area contributed by atoms with E-state index < -0.39 is 6.10 Å². The second kappa shape index (κ2) is 10.6. The van der Waals surface area contributed by atoms with Gasteiger partial charge in [-0.1, -0.05) is 42.0 Å². The van der Waals surface area contributed by atoms with Crippen molar-refractivity contribution in [3.8, 4) is 5.75 Å². The van der Waals surface area contributed by atoms with Crippen molar-refractivity contribution < 1.29 is 19.1 Å². The molecule has 2 aromatic carbocycles. The Kier molecular flexibility index (Phi) is 8.20. The minimum atomic E-state index is -0.823. The Bertz CT molecular complexity index is 744. The highest BCUT2D eigenvalue weighted by molar-refractivity contribution is 7.99. The number of thioether (sulfide) groups is 1. The smallest absolute Gasteiger partial charge is 0.316 e. The van der Waals surface area contributed by atoms with Crippen molar-refractivity contribution in [3.63, 3.8) is 0 Å². The van der Waals surface area contributed by atoms with E-state index in [9.17, 15) is 9.59 Å². The molecule has 1 amide bonds. The minimum absolute atomic E-state index is 0.212. The van der Waals surface area contributed by atoms with Gasteiger partial charge < -0.3 is 14.8 Å². The predicted molar refractivity (Wildman–Crippen MR) is 108 cm³/mol. The standard InChI is InChI=1S/C21H25NO4S/c1-15-4-6-18(7-5-15)13-27-14-20(23)26-16(2)21(24)22-12-17-8-10-19(25-3)11-9-17/h4-11,16H,12-14H2,1-3H3,(H,22,24)/t16-/m1/s1. The van der Waals surface area contributed by atoms with E-state index in [-0.39, 0.29) is 17.6 Å². The van der Waals surface area contributed by atoms with Gasteiger partial charge in [0.25, 0.3) is 5.91 Å². The highest BCUT2D eigenvalue weighted by atomic mass is 32.2. The van der Waals surface area contributed by atoms with Gasteiger partial charge in [0, 0.05) is 12.3 Å². The maximum Gasteiger partial charge on any atom is 0.316 e. The van der Waals surface area contributed by atoms with E-state index in [0.717, 1.165) is 22.6 Å². The Morgan fingerprint density at radius 1 is 1.04 bits per heavy atom. The molecule has 0 heterocycles. The zero-order valence-electron chi connectivity index (χ0n) is 15.9. The molecule has 2 aromatic rings. The fraction of sp³-hybridized carbons (Fsp3) is 0.333. The van der Waals surface area contributed by atoms with Crippen molar-refractivity contribution >= 4 is 23.6 Å². The number of carbonyl (C=O) groups is 2. The van der Waals surface area contributed by atoms with Gasteiger partial charge in [-0.05, 0) is 37.1 Å². The summed E-state index contributed by atoms with van der Waals surface area (Å²) in [4.78, 5) is 24.0. The number of carbonyl (C=O) groups excluding carboxylic acids is 2. The molecule has 144 valence electrons. The third kappa shape index (κ3) is 7.35. The molecule has 0 aliphatic heterocycles. The summed E-state index contributed by atoms with van der Waals surface area (Å²) in [5.41, 5.74) is 3.30. The lowest BCUT2D eigenvalue weighted by Crippen LogP contribution is -2.35. The number of nitrogens with one attached hydrogen (secondary N) is 1. The Hall–Kier alpha value is -2.47. The van der Waals surface area contributed by atoms with Crippen molar-refractivity contribution in [2.24, 2.45) is 0 Å². The van der Waals surface area contributed by atoms with Gasteiger partial charge in [-0.25, -0.2) is 0 Å². The first kappa shape index (κ1) is 20.8. The van der Waals surface area contributed by atoms with E-state index in [1.54, 1.807) is 14.0 Å². The number of hydrogen-bond donors (Lipinski definition) is 1. The summed E-state index contributed by atoms with van der Waals surface area (Å²) < 4.78 is 10.3. The maximum atomic E-state index is 12.1. The Labute approximate surface area is 164 Å². The third-order valence-electron chi connectivity index (χ3n) is 3.91. The molecule has 1 N–H and O–H groups in total. The molecule has 0 unspecified atom stereocenters. The summed E-state index contributed by atoms with van der Waals surface area (Å²) in [6, 6.07) is 15.6. The Morgan fingerprint density at radius 2 is 1.67 bits per heavy atom.